The number of aromatic nitrogens is 2. The molecule has 0 saturated heterocycles. The lowest BCUT2D eigenvalue weighted by Gasteiger charge is -2.20. The van der Waals surface area contributed by atoms with Crippen LogP contribution < -0.4 is 0 Å². The maximum Gasteiger partial charge on any atom is 0.257 e. The Bertz CT molecular complexity index is 644. The third-order valence-corrected chi connectivity index (χ3v) is 3.41. The number of carbonyl (C=O) groups excluding carboxylic acids is 1. The summed E-state index contributed by atoms with van der Waals surface area (Å²) in [5.41, 5.74) is 1.80. The SMILES string of the molecule is COCC(O)CN(C)C(=O)c1cn[nH]c1-c1cccc(Cl)c1. The molecule has 2 N–H and O–H groups in total. The van der Waals surface area contributed by atoms with Crippen LogP contribution in [0.1, 0.15) is 10.4 Å². The second kappa shape index (κ2) is 7.40. The topological polar surface area (TPSA) is 78.5 Å². The van der Waals surface area contributed by atoms with E-state index < -0.39 is 6.10 Å². The van der Waals surface area contributed by atoms with Crippen LogP contribution in [0.4, 0.5) is 0 Å². The zero-order valence-electron chi connectivity index (χ0n) is 12.4. The van der Waals surface area contributed by atoms with E-state index >= 15 is 0 Å². The fourth-order valence-electron chi connectivity index (χ4n) is 2.16. The number of nitrogens with one attached hydrogen (secondary N) is 1. The van der Waals surface area contributed by atoms with Gasteiger partial charge in [0.2, 0.25) is 0 Å². The van der Waals surface area contributed by atoms with E-state index in [2.05, 4.69) is 10.2 Å². The van der Waals surface area contributed by atoms with Gasteiger partial charge in [0.1, 0.15) is 0 Å². The zero-order chi connectivity index (χ0) is 16.1. The molecule has 7 heteroatoms. The summed E-state index contributed by atoms with van der Waals surface area (Å²) in [5.74, 6) is -0.237. The minimum absolute atomic E-state index is 0.171. The molecular weight excluding hydrogens is 306 g/mol. The van der Waals surface area contributed by atoms with Crippen molar-refractivity contribution in [3.8, 4) is 11.3 Å². The van der Waals surface area contributed by atoms with Gasteiger partial charge in [-0.25, -0.2) is 0 Å². The van der Waals surface area contributed by atoms with Crippen LogP contribution in [0, 0.1) is 0 Å². The highest BCUT2D eigenvalue weighted by molar-refractivity contribution is 6.30. The Morgan fingerprint density at radius 2 is 2.32 bits per heavy atom. The zero-order valence-corrected chi connectivity index (χ0v) is 13.2. The second-order valence-corrected chi connectivity index (χ2v) is 5.40. The summed E-state index contributed by atoms with van der Waals surface area (Å²) in [6.45, 7) is 0.344. The summed E-state index contributed by atoms with van der Waals surface area (Å²) in [4.78, 5) is 13.9. The number of hydrogen-bond acceptors (Lipinski definition) is 4. The summed E-state index contributed by atoms with van der Waals surface area (Å²) in [6.07, 6.45) is 0.734. The molecule has 22 heavy (non-hydrogen) atoms. The Morgan fingerprint density at radius 1 is 1.55 bits per heavy atom. The van der Waals surface area contributed by atoms with Gasteiger partial charge in [0.15, 0.2) is 0 Å². The number of aromatic amines is 1. The molecule has 0 aliphatic heterocycles. The molecule has 1 aromatic heterocycles. The third kappa shape index (κ3) is 3.85. The predicted molar refractivity (Wildman–Crippen MR) is 83.9 cm³/mol. The van der Waals surface area contributed by atoms with Crippen molar-refractivity contribution in [1.29, 1.82) is 0 Å². The number of carbonyl (C=O) groups is 1. The van der Waals surface area contributed by atoms with Crippen LogP contribution in [0.3, 0.4) is 0 Å². The smallest absolute Gasteiger partial charge is 0.257 e. The molecular formula is C15H18ClN3O3. The van der Waals surface area contributed by atoms with Gasteiger partial charge in [-0.3, -0.25) is 9.89 Å². The highest BCUT2D eigenvalue weighted by Gasteiger charge is 2.20. The molecule has 0 saturated carbocycles. The number of benzene rings is 1. The van der Waals surface area contributed by atoms with E-state index in [1.54, 1.807) is 25.2 Å². The van der Waals surface area contributed by atoms with E-state index in [-0.39, 0.29) is 19.1 Å². The van der Waals surface area contributed by atoms with Gasteiger partial charge in [0.05, 0.1) is 30.2 Å². The lowest BCUT2D eigenvalue weighted by Crippen LogP contribution is -2.36. The van der Waals surface area contributed by atoms with Crippen molar-refractivity contribution in [1.82, 2.24) is 15.1 Å². The fourth-order valence-corrected chi connectivity index (χ4v) is 2.35. The molecule has 0 bridgehead atoms. The van der Waals surface area contributed by atoms with Crippen molar-refractivity contribution in [2.45, 2.75) is 6.10 Å². The van der Waals surface area contributed by atoms with Crippen LogP contribution in [0.5, 0.6) is 0 Å². The average molecular weight is 324 g/mol. The molecule has 0 aliphatic rings. The number of hydrogen-bond donors (Lipinski definition) is 2. The lowest BCUT2D eigenvalue weighted by atomic mass is 10.1. The number of rotatable bonds is 6. The van der Waals surface area contributed by atoms with Crippen molar-refractivity contribution < 1.29 is 14.6 Å². The monoisotopic (exact) mass is 323 g/mol. The summed E-state index contributed by atoms with van der Waals surface area (Å²) in [6, 6.07) is 7.16. The first-order valence-electron chi connectivity index (χ1n) is 6.74. The number of halogens is 1. The van der Waals surface area contributed by atoms with Crippen molar-refractivity contribution in [3.05, 3.63) is 41.0 Å². The van der Waals surface area contributed by atoms with Gasteiger partial charge in [-0.15, -0.1) is 0 Å². The Hall–Kier alpha value is -1.89. The summed E-state index contributed by atoms with van der Waals surface area (Å²) in [5, 5.41) is 17.1. The maximum atomic E-state index is 12.5. The molecule has 1 unspecified atom stereocenters. The van der Waals surface area contributed by atoms with Gasteiger partial charge in [-0.2, -0.15) is 5.10 Å². The van der Waals surface area contributed by atoms with Gasteiger partial charge in [0, 0.05) is 31.3 Å². The van der Waals surface area contributed by atoms with Crippen LogP contribution in [-0.2, 0) is 4.74 Å². The number of methoxy groups -OCH3 is 1. The van der Waals surface area contributed by atoms with Crippen LogP contribution in [0.25, 0.3) is 11.3 Å². The van der Waals surface area contributed by atoms with Gasteiger partial charge < -0.3 is 14.7 Å². The number of aliphatic hydroxyl groups is 1. The number of likely N-dealkylation sites (N-methyl/N-ethyl adjacent to an activating group) is 1. The van der Waals surface area contributed by atoms with Gasteiger partial charge in [-0.05, 0) is 12.1 Å². The van der Waals surface area contributed by atoms with E-state index in [1.807, 2.05) is 6.07 Å². The van der Waals surface area contributed by atoms with E-state index in [1.165, 1.54) is 18.2 Å². The van der Waals surface area contributed by atoms with Gasteiger partial charge in [0.25, 0.3) is 5.91 Å². The quantitative estimate of drug-likeness (QED) is 0.850. The normalized spacial score (nSPS) is 12.2. The maximum absolute atomic E-state index is 12.5. The second-order valence-electron chi connectivity index (χ2n) is 4.96. The molecule has 1 amide bonds. The Kier molecular flexibility index (Phi) is 5.54. The van der Waals surface area contributed by atoms with Gasteiger partial charge >= 0.3 is 0 Å². The van der Waals surface area contributed by atoms with E-state index in [0.717, 1.165) is 5.56 Å². The first-order valence-corrected chi connectivity index (χ1v) is 7.12. The van der Waals surface area contributed by atoms with E-state index in [0.29, 0.717) is 16.3 Å². The molecule has 0 spiro atoms. The van der Waals surface area contributed by atoms with Crippen LogP contribution in [-0.4, -0.2) is 59.5 Å². The Balaban J connectivity index is 2.20. The molecule has 0 radical (unpaired) electrons. The molecule has 0 fully saturated rings. The Morgan fingerprint density at radius 3 is 3.00 bits per heavy atom. The summed E-state index contributed by atoms with van der Waals surface area (Å²) in [7, 11) is 3.12. The Labute approximate surface area is 133 Å². The number of nitrogens with zero attached hydrogens (tertiary/aromatic N) is 2. The standard InChI is InChI=1S/C15H18ClN3O3/c1-19(8-12(20)9-22-2)15(21)13-7-17-18-14(13)10-4-3-5-11(16)6-10/h3-7,12,20H,8-9H2,1-2H3,(H,17,18). The van der Waals surface area contributed by atoms with Crippen LogP contribution in [0.15, 0.2) is 30.5 Å². The molecule has 118 valence electrons. The molecule has 6 nitrogen and oxygen atoms in total. The highest BCUT2D eigenvalue weighted by atomic mass is 35.5. The molecule has 1 atom stereocenters. The van der Waals surface area contributed by atoms with Crippen molar-refractivity contribution in [2.24, 2.45) is 0 Å². The van der Waals surface area contributed by atoms with E-state index in [9.17, 15) is 9.90 Å². The molecule has 1 heterocycles. The van der Waals surface area contributed by atoms with Crippen molar-refractivity contribution in [3.63, 3.8) is 0 Å². The molecule has 2 aromatic rings. The lowest BCUT2D eigenvalue weighted by molar-refractivity contribution is 0.0380. The van der Waals surface area contributed by atoms with Crippen LogP contribution >= 0.6 is 11.6 Å². The van der Waals surface area contributed by atoms with Crippen LogP contribution in [0.2, 0.25) is 5.02 Å². The molecule has 0 aliphatic carbocycles. The predicted octanol–water partition coefficient (Wildman–Crippen LogP) is 1.81. The average Bonchev–Trinajstić information content (AvgIpc) is 2.96. The number of amides is 1. The van der Waals surface area contributed by atoms with Gasteiger partial charge in [-0.1, -0.05) is 23.7 Å². The first kappa shape index (κ1) is 16.5. The number of aliphatic hydroxyl groups excluding tert-OH is 1. The third-order valence-electron chi connectivity index (χ3n) is 3.17. The summed E-state index contributed by atoms with van der Waals surface area (Å²) < 4.78 is 4.86. The van der Waals surface area contributed by atoms with Crippen molar-refractivity contribution in [2.75, 3.05) is 27.3 Å². The largest absolute Gasteiger partial charge is 0.389 e. The fraction of sp³-hybridized carbons (Fsp3) is 0.333. The van der Waals surface area contributed by atoms with Crippen molar-refractivity contribution >= 4 is 17.5 Å². The highest BCUT2D eigenvalue weighted by Crippen LogP contribution is 2.24. The molecule has 1 aromatic carbocycles. The summed E-state index contributed by atoms with van der Waals surface area (Å²) >= 11 is 5.98. The minimum atomic E-state index is -0.736. The molecule has 2 rings (SSSR count). The number of ether oxygens (including phenoxy) is 1. The number of H-pyrrole nitrogens is 1. The first-order chi connectivity index (χ1) is 10.5. The minimum Gasteiger partial charge on any atom is -0.389 e. The van der Waals surface area contributed by atoms with E-state index in [4.69, 9.17) is 16.3 Å².